The molecule has 0 aromatic heterocycles. The van der Waals surface area contributed by atoms with Crippen LogP contribution in [0.15, 0.2) is 66.7 Å². The minimum atomic E-state index is -0.288. The molecule has 3 aromatic carbocycles. The molecule has 3 rings (SSSR count). The van der Waals surface area contributed by atoms with Crippen molar-refractivity contribution < 1.29 is 4.39 Å². The highest BCUT2D eigenvalue weighted by Gasteiger charge is 2.06. The Morgan fingerprint density at radius 3 is 2.46 bits per heavy atom. The van der Waals surface area contributed by atoms with Gasteiger partial charge >= 0.3 is 0 Å². The van der Waals surface area contributed by atoms with Crippen molar-refractivity contribution >= 4 is 10.8 Å². The fourth-order valence-electron chi connectivity index (χ4n) is 2.78. The molecule has 0 N–H and O–H groups in total. The van der Waals surface area contributed by atoms with Gasteiger partial charge in [0.25, 0.3) is 0 Å². The quantitative estimate of drug-likeness (QED) is 0.440. The summed E-state index contributed by atoms with van der Waals surface area (Å²) in [5, 5.41) is 10.3. The second-order valence-electron chi connectivity index (χ2n) is 6.03. The predicted octanol–water partition coefficient (Wildman–Crippen LogP) is 5.76. The van der Waals surface area contributed by atoms with Gasteiger partial charge < -0.3 is 0 Å². The van der Waals surface area contributed by atoms with Crippen LogP contribution in [0, 0.1) is 29.0 Å². The molecular formula is C24H18FN. The van der Waals surface area contributed by atoms with E-state index in [1.165, 1.54) is 5.56 Å². The molecule has 0 saturated carbocycles. The highest BCUT2D eigenvalue weighted by atomic mass is 19.1. The van der Waals surface area contributed by atoms with E-state index in [2.05, 4.69) is 24.0 Å². The minimum absolute atomic E-state index is 0.288. The van der Waals surface area contributed by atoms with E-state index in [0.717, 1.165) is 23.8 Å². The fraction of sp³-hybridized carbons (Fsp3) is 0.125. The van der Waals surface area contributed by atoms with Crippen molar-refractivity contribution in [1.29, 1.82) is 5.26 Å². The minimum Gasteiger partial charge on any atom is -0.205 e. The molecule has 3 aromatic rings. The lowest BCUT2D eigenvalue weighted by Crippen LogP contribution is -1.89. The van der Waals surface area contributed by atoms with E-state index in [9.17, 15) is 4.39 Å². The molecule has 0 amide bonds. The molecule has 0 atom stereocenters. The summed E-state index contributed by atoms with van der Waals surface area (Å²) >= 11 is 0. The Bertz CT molecular complexity index is 1060. The second-order valence-corrected chi connectivity index (χ2v) is 6.03. The molecule has 0 aliphatic heterocycles. The van der Waals surface area contributed by atoms with Crippen LogP contribution in [0.3, 0.4) is 0 Å². The number of nitrogens with zero attached hydrogens (tertiary/aromatic N) is 1. The molecule has 0 bridgehead atoms. The Kier molecular flexibility index (Phi) is 5.47. The molecule has 0 aliphatic carbocycles. The van der Waals surface area contributed by atoms with Crippen molar-refractivity contribution in [2.75, 3.05) is 0 Å². The first kappa shape index (κ1) is 17.5. The third kappa shape index (κ3) is 4.00. The van der Waals surface area contributed by atoms with Gasteiger partial charge in [-0.25, -0.2) is 4.39 Å². The van der Waals surface area contributed by atoms with Gasteiger partial charge in [0.1, 0.15) is 5.82 Å². The summed E-state index contributed by atoms with van der Waals surface area (Å²) in [5.41, 5.74) is 2.91. The molecule has 26 heavy (non-hydrogen) atoms. The van der Waals surface area contributed by atoms with Crippen LogP contribution in [-0.4, -0.2) is 0 Å². The van der Waals surface area contributed by atoms with Crippen molar-refractivity contribution in [2.24, 2.45) is 0 Å². The number of hydrogen-bond acceptors (Lipinski definition) is 1. The highest BCUT2D eigenvalue weighted by Crippen LogP contribution is 2.23. The number of halogens is 1. The lowest BCUT2D eigenvalue weighted by atomic mass is 10.0. The molecule has 0 aliphatic rings. The number of rotatable bonds is 3. The van der Waals surface area contributed by atoms with E-state index in [4.69, 9.17) is 5.26 Å². The van der Waals surface area contributed by atoms with Gasteiger partial charge in [0.2, 0.25) is 0 Å². The van der Waals surface area contributed by atoms with E-state index in [-0.39, 0.29) is 5.82 Å². The molecule has 0 spiro atoms. The van der Waals surface area contributed by atoms with Crippen molar-refractivity contribution in [1.82, 2.24) is 0 Å². The SMILES string of the molecule is C/C=C/CCc1ccc2c(F)c(C#Cc3ccc(C#N)cc3)ccc2c1. The molecule has 1 nitrogen and oxygen atoms in total. The average molecular weight is 339 g/mol. The van der Waals surface area contributed by atoms with Gasteiger partial charge in [0.15, 0.2) is 0 Å². The van der Waals surface area contributed by atoms with Crippen LogP contribution in [0.5, 0.6) is 0 Å². The number of aryl methyl sites for hydroxylation is 1. The zero-order valence-electron chi connectivity index (χ0n) is 14.6. The highest BCUT2D eigenvalue weighted by molar-refractivity contribution is 5.85. The summed E-state index contributed by atoms with van der Waals surface area (Å²) in [5.74, 6) is 5.57. The van der Waals surface area contributed by atoms with E-state index in [1.807, 2.05) is 37.3 Å². The van der Waals surface area contributed by atoms with Gasteiger partial charge in [-0.15, -0.1) is 0 Å². The molecule has 0 fully saturated rings. The summed E-state index contributed by atoms with van der Waals surface area (Å²) in [6.45, 7) is 2.01. The first-order chi connectivity index (χ1) is 12.7. The van der Waals surface area contributed by atoms with Gasteiger partial charge in [-0.05, 0) is 61.0 Å². The number of nitriles is 1. The van der Waals surface area contributed by atoms with Gasteiger partial charge in [-0.3, -0.25) is 0 Å². The smallest absolute Gasteiger partial charge is 0.146 e. The first-order valence-corrected chi connectivity index (χ1v) is 8.56. The Labute approximate surface area is 153 Å². The Morgan fingerprint density at radius 2 is 1.73 bits per heavy atom. The maximum absolute atomic E-state index is 14.8. The summed E-state index contributed by atoms with van der Waals surface area (Å²) in [7, 11) is 0. The normalized spacial score (nSPS) is 10.5. The first-order valence-electron chi connectivity index (χ1n) is 8.56. The topological polar surface area (TPSA) is 23.8 Å². The summed E-state index contributed by atoms with van der Waals surface area (Å²) in [4.78, 5) is 0. The van der Waals surface area contributed by atoms with Crippen molar-refractivity contribution in [3.8, 4) is 17.9 Å². The van der Waals surface area contributed by atoms with Crippen LogP contribution >= 0.6 is 0 Å². The third-order valence-corrected chi connectivity index (χ3v) is 4.21. The number of hydrogen-bond donors (Lipinski definition) is 0. The van der Waals surface area contributed by atoms with Crippen LogP contribution in [0.4, 0.5) is 4.39 Å². The molecular weight excluding hydrogens is 321 g/mol. The number of fused-ring (bicyclic) bond motifs is 1. The molecule has 0 saturated heterocycles. The van der Waals surface area contributed by atoms with Crippen molar-refractivity contribution in [3.63, 3.8) is 0 Å². The maximum atomic E-state index is 14.8. The predicted molar refractivity (Wildman–Crippen MR) is 104 cm³/mol. The zero-order chi connectivity index (χ0) is 18.4. The Balaban J connectivity index is 1.88. The largest absolute Gasteiger partial charge is 0.205 e. The summed E-state index contributed by atoms with van der Waals surface area (Å²) in [6, 6.07) is 18.5. The van der Waals surface area contributed by atoms with Gasteiger partial charge in [-0.1, -0.05) is 48.3 Å². The van der Waals surface area contributed by atoms with Crippen molar-refractivity contribution in [2.45, 2.75) is 19.8 Å². The standard InChI is InChI=1S/C24H18FN/c1-2-3-4-5-19-11-15-23-22(16-19)14-13-21(24(23)25)12-10-18-6-8-20(17-26)9-7-18/h2-3,6-9,11,13-16H,4-5H2,1H3/b3-2+. The molecule has 2 heteroatoms. The summed E-state index contributed by atoms with van der Waals surface area (Å²) < 4.78 is 14.8. The fourth-order valence-corrected chi connectivity index (χ4v) is 2.78. The van der Waals surface area contributed by atoms with Crippen LogP contribution in [0.25, 0.3) is 10.8 Å². The average Bonchev–Trinajstić information content (AvgIpc) is 2.68. The second kappa shape index (κ2) is 8.15. The monoisotopic (exact) mass is 339 g/mol. The molecule has 0 heterocycles. The van der Waals surface area contributed by atoms with Gasteiger partial charge in [0.05, 0.1) is 17.2 Å². The zero-order valence-corrected chi connectivity index (χ0v) is 14.6. The van der Waals surface area contributed by atoms with Gasteiger partial charge in [-0.2, -0.15) is 5.26 Å². The van der Waals surface area contributed by atoms with E-state index in [1.54, 1.807) is 30.3 Å². The Morgan fingerprint density at radius 1 is 0.962 bits per heavy atom. The van der Waals surface area contributed by atoms with Crippen LogP contribution in [0.2, 0.25) is 0 Å². The lowest BCUT2D eigenvalue weighted by Gasteiger charge is -2.05. The van der Waals surface area contributed by atoms with E-state index >= 15 is 0 Å². The number of benzene rings is 3. The maximum Gasteiger partial charge on any atom is 0.146 e. The van der Waals surface area contributed by atoms with Gasteiger partial charge in [0, 0.05) is 10.9 Å². The van der Waals surface area contributed by atoms with E-state index in [0.29, 0.717) is 16.5 Å². The summed E-state index contributed by atoms with van der Waals surface area (Å²) in [6.07, 6.45) is 6.10. The molecule has 126 valence electrons. The Hall–Kier alpha value is -3.36. The van der Waals surface area contributed by atoms with Crippen LogP contribution in [0.1, 0.15) is 35.6 Å². The van der Waals surface area contributed by atoms with Crippen LogP contribution < -0.4 is 0 Å². The number of allylic oxidation sites excluding steroid dienone is 2. The lowest BCUT2D eigenvalue weighted by molar-refractivity contribution is 0.636. The van der Waals surface area contributed by atoms with E-state index < -0.39 is 0 Å². The molecule has 0 radical (unpaired) electrons. The molecule has 0 unspecified atom stereocenters. The third-order valence-electron chi connectivity index (χ3n) is 4.21. The van der Waals surface area contributed by atoms with Crippen LogP contribution in [-0.2, 0) is 6.42 Å². The van der Waals surface area contributed by atoms with Crippen molar-refractivity contribution in [3.05, 3.63) is 94.8 Å².